The van der Waals surface area contributed by atoms with Gasteiger partial charge in [-0.25, -0.2) is 0 Å². The monoisotopic (exact) mass is 464 g/mol. The van der Waals surface area contributed by atoms with Crippen molar-refractivity contribution in [3.63, 3.8) is 0 Å². The van der Waals surface area contributed by atoms with Gasteiger partial charge in [0.05, 0.1) is 6.54 Å². The number of nitrogens with two attached hydrogens (primary N) is 1. The predicted octanol–water partition coefficient (Wildman–Crippen LogP) is 2.15. The van der Waals surface area contributed by atoms with Gasteiger partial charge in [0.1, 0.15) is 12.6 Å². The highest BCUT2D eigenvalue weighted by atomic mass is 16.2. The van der Waals surface area contributed by atoms with Crippen molar-refractivity contribution in [2.75, 3.05) is 32.7 Å². The van der Waals surface area contributed by atoms with Crippen LogP contribution in [0.4, 0.5) is 0 Å². The Kier molecular flexibility index (Phi) is 10.1. The van der Waals surface area contributed by atoms with Crippen LogP contribution < -0.4 is 11.1 Å². The van der Waals surface area contributed by atoms with Gasteiger partial charge < -0.3 is 20.9 Å². The molecule has 7 nitrogen and oxygen atoms in total. The summed E-state index contributed by atoms with van der Waals surface area (Å²) in [7, 11) is 0. The van der Waals surface area contributed by atoms with E-state index in [1.165, 1.54) is 10.5 Å². The van der Waals surface area contributed by atoms with Crippen LogP contribution in [0.3, 0.4) is 0 Å². The van der Waals surface area contributed by atoms with Crippen LogP contribution in [0.1, 0.15) is 36.8 Å². The Balaban J connectivity index is 1.63. The highest BCUT2D eigenvalue weighted by Crippen LogP contribution is 2.18. The number of nitrogens with one attached hydrogen (secondary N) is 1. The smallest absolute Gasteiger partial charge is 0.246 e. The Morgan fingerprint density at radius 3 is 2.26 bits per heavy atom. The molecule has 0 saturated carbocycles. The summed E-state index contributed by atoms with van der Waals surface area (Å²) in [6.07, 6.45) is 4.74. The molecule has 0 aromatic heterocycles. The van der Waals surface area contributed by atoms with Crippen molar-refractivity contribution >= 4 is 17.7 Å². The third-order valence-electron chi connectivity index (χ3n) is 6.14. The van der Waals surface area contributed by atoms with Crippen molar-refractivity contribution in [2.24, 2.45) is 5.73 Å². The summed E-state index contributed by atoms with van der Waals surface area (Å²) < 4.78 is 0. The number of amides is 3. The van der Waals surface area contributed by atoms with E-state index in [9.17, 15) is 14.4 Å². The molecular weight excluding hydrogens is 428 g/mol. The normalized spacial score (nSPS) is 16.1. The molecule has 1 fully saturated rings. The Labute approximate surface area is 202 Å². The third kappa shape index (κ3) is 7.70. The first-order chi connectivity index (χ1) is 16.6. The molecule has 1 heterocycles. The van der Waals surface area contributed by atoms with Gasteiger partial charge in [-0.1, -0.05) is 67.1 Å². The number of benzene rings is 2. The zero-order valence-corrected chi connectivity index (χ0v) is 19.8. The van der Waals surface area contributed by atoms with Gasteiger partial charge in [0.15, 0.2) is 0 Å². The average Bonchev–Trinajstić information content (AvgIpc) is 2.85. The van der Waals surface area contributed by atoms with Crippen LogP contribution in [0.2, 0.25) is 0 Å². The Hall–Kier alpha value is -3.19. The minimum absolute atomic E-state index is 0.0166. The lowest BCUT2D eigenvalue weighted by atomic mass is 10.00. The second kappa shape index (κ2) is 13.5. The van der Waals surface area contributed by atoms with Crippen LogP contribution in [0.25, 0.3) is 0 Å². The first-order valence-corrected chi connectivity index (χ1v) is 12.2. The predicted molar refractivity (Wildman–Crippen MR) is 133 cm³/mol. The fourth-order valence-corrected chi connectivity index (χ4v) is 4.28. The number of nitrogens with zero attached hydrogens (tertiary/aromatic N) is 2. The second-order valence-electron chi connectivity index (χ2n) is 8.78. The number of carbonyl (C=O) groups excluding carboxylic acids is 3. The van der Waals surface area contributed by atoms with Gasteiger partial charge in [0, 0.05) is 19.5 Å². The van der Waals surface area contributed by atoms with E-state index in [1.807, 2.05) is 48.5 Å². The maximum atomic E-state index is 13.4. The molecule has 1 atom stereocenters. The fourth-order valence-electron chi connectivity index (χ4n) is 4.28. The van der Waals surface area contributed by atoms with Gasteiger partial charge in [-0.15, -0.1) is 0 Å². The number of hydrogen-bond donors (Lipinski definition) is 2. The van der Waals surface area contributed by atoms with Crippen LogP contribution in [0, 0.1) is 0 Å². The number of rotatable bonds is 13. The van der Waals surface area contributed by atoms with Crippen molar-refractivity contribution in [1.29, 1.82) is 0 Å². The Morgan fingerprint density at radius 1 is 0.912 bits per heavy atom. The minimum atomic E-state index is -0.677. The summed E-state index contributed by atoms with van der Waals surface area (Å²) in [5.74, 6) is -0.504. The molecule has 0 aliphatic carbocycles. The molecule has 2 aromatic carbocycles. The molecule has 182 valence electrons. The lowest BCUT2D eigenvalue weighted by Gasteiger charge is -2.40. The zero-order chi connectivity index (χ0) is 24.2. The molecule has 34 heavy (non-hydrogen) atoms. The first-order valence-electron chi connectivity index (χ1n) is 12.2. The average molecular weight is 465 g/mol. The van der Waals surface area contributed by atoms with Crippen LogP contribution >= 0.6 is 0 Å². The SMILES string of the molecule is NCCCCCNC(=O)CN1C(=O)CN(CCCc2ccccc2)C(=O)[C@H]1Cc1ccccc1. The molecule has 0 bridgehead atoms. The van der Waals surface area contributed by atoms with E-state index in [0.29, 0.717) is 26.1 Å². The highest BCUT2D eigenvalue weighted by molar-refractivity contribution is 5.97. The van der Waals surface area contributed by atoms with Gasteiger partial charge in [0.25, 0.3) is 0 Å². The van der Waals surface area contributed by atoms with E-state index < -0.39 is 6.04 Å². The van der Waals surface area contributed by atoms with Gasteiger partial charge in [-0.3, -0.25) is 14.4 Å². The first kappa shape index (κ1) is 25.4. The quantitative estimate of drug-likeness (QED) is 0.444. The number of aryl methyl sites for hydroxylation is 1. The maximum Gasteiger partial charge on any atom is 0.246 e. The standard InChI is InChI=1S/C27H36N4O3/c28-16-8-3-9-17-29-25(32)20-31-24(19-23-13-6-2-7-14-23)27(34)30(21-26(31)33)18-10-15-22-11-4-1-5-12-22/h1-2,4-7,11-14,24H,3,8-10,15-21,28H2,(H,29,32)/t24-/m1/s1. The molecule has 2 aromatic rings. The molecule has 1 aliphatic heterocycles. The molecular formula is C27H36N4O3. The number of unbranched alkanes of at least 4 members (excludes halogenated alkanes) is 2. The van der Waals surface area contributed by atoms with Gasteiger partial charge in [-0.2, -0.15) is 0 Å². The highest BCUT2D eigenvalue weighted by Gasteiger charge is 2.39. The third-order valence-corrected chi connectivity index (χ3v) is 6.14. The summed E-state index contributed by atoms with van der Waals surface area (Å²) in [5, 5.41) is 2.87. The number of carbonyl (C=O) groups is 3. The van der Waals surface area contributed by atoms with E-state index in [1.54, 1.807) is 4.90 Å². The Bertz CT molecular complexity index is 920. The molecule has 3 N–H and O–H groups in total. The van der Waals surface area contributed by atoms with E-state index in [-0.39, 0.29) is 30.8 Å². The molecule has 0 radical (unpaired) electrons. The number of hydrogen-bond acceptors (Lipinski definition) is 4. The van der Waals surface area contributed by atoms with E-state index in [2.05, 4.69) is 17.4 Å². The molecule has 7 heteroatoms. The molecule has 3 amide bonds. The van der Waals surface area contributed by atoms with Crippen LogP contribution in [-0.2, 0) is 27.2 Å². The summed E-state index contributed by atoms with van der Waals surface area (Å²) >= 11 is 0. The van der Waals surface area contributed by atoms with E-state index in [0.717, 1.165) is 37.7 Å². The van der Waals surface area contributed by atoms with Crippen molar-refractivity contribution in [3.8, 4) is 0 Å². The van der Waals surface area contributed by atoms with Crippen LogP contribution in [-0.4, -0.2) is 66.3 Å². The fraction of sp³-hybridized carbons (Fsp3) is 0.444. The summed E-state index contributed by atoms with van der Waals surface area (Å²) in [6.45, 7) is 1.62. The van der Waals surface area contributed by atoms with Crippen molar-refractivity contribution in [1.82, 2.24) is 15.1 Å². The lowest BCUT2D eigenvalue weighted by Crippen LogP contribution is -2.62. The van der Waals surface area contributed by atoms with Crippen molar-refractivity contribution in [3.05, 3.63) is 71.8 Å². The molecule has 1 saturated heterocycles. The Morgan fingerprint density at radius 2 is 1.59 bits per heavy atom. The summed E-state index contributed by atoms with van der Waals surface area (Å²) in [4.78, 5) is 42.2. The van der Waals surface area contributed by atoms with Gasteiger partial charge in [0.2, 0.25) is 17.7 Å². The molecule has 0 unspecified atom stereocenters. The van der Waals surface area contributed by atoms with Crippen LogP contribution in [0.15, 0.2) is 60.7 Å². The van der Waals surface area contributed by atoms with Gasteiger partial charge >= 0.3 is 0 Å². The molecule has 3 rings (SSSR count). The lowest BCUT2D eigenvalue weighted by molar-refractivity contribution is -0.157. The summed E-state index contributed by atoms with van der Waals surface area (Å²) in [6, 6.07) is 19.1. The van der Waals surface area contributed by atoms with Crippen molar-refractivity contribution < 1.29 is 14.4 Å². The minimum Gasteiger partial charge on any atom is -0.355 e. The second-order valence-corrected chi connectivity index (χ2v) is 8.78. The van der Waals surface area contributed by atoms with Crippen molar-refractivity contribution in [2.45, 2.75) is 44.6 Å². The summed E-state index contributed by atoms with van der Waals surface area (Å²) in [5.41, 5.74) is 7.68. The van der Waals surface area contributed by atoms with Gasteiger partial charge in [-0.05, 0) is 43.4 Å². The zero-order valence-electron chi connectivity index (χ0n) is 19.8. The largest absolute Gasteiger partial charge is 0.355 e. The van der Waals surface area contributed by atoms with Crippen LogP contribution in [0.5, 0.6) is 0 Å². The molecule has 1 aliphatic rings. The van der Waals surface area contributed by atoms with E-state index >= 15 is 0 Å². The molecule has 0 spiro atoms. The topological polar surface area (TPSA) is 95.7 Å². The maximum absolute atomic E-state index is 13.4. The number of piperazine rings is 1. The van der Waals surface area contributed by atoms with E-state index in [4.69, 9.17) is 5.73 Å².